The van der Waals surface area contributed by atoms with Crippen molar-refractivity contribution < 1.29 is 28.5 Å². The van der Waals surface area contributed by atoms with Gasteiger partial charge in [0, 0.05) is 17.6 Å². The highest BCUT2D eigenvalue weighted by Gasteiger charge is 2.20. The van der Waals surface area contributed by atoms with Gasteiger partial charge in [-0.05, 0) is 19.9 Å². The lowest BCUT2D eigenvalue weighted by Gasteiger charge is -2.14. The molecular formula is C17H17NO6S. The molecule has 0 radical (unpaired) electrons. The van der Waals surface area contributed by atoms with Gasteiger partial charge in [0.15, 0.2) is 11.5 Å². The summed E-state index contributed by atoms with van der Waals surface area (Å²) in [6, 6.07) is 3.45. The first-order valence-corrected chi connectivity index (χ1v) is 8.25. The number of carbonyl (C=O) groups is 2. The van der Waals surface area contributed by atoms with E-state index in [1.54, 1.807) is 30.5 Å². The normalized spacial score (nSPS) is 12.2. The predicted octanol–water partition coefficient (Wildman–Crippen LogP) is 2.84. The number of aromatic nitrogens is 1. The molecule has 1 aromatic heterocycles. The number of pyridine rings is 1. The van der Waals surface area contributed by atoms with E-state index in [1.807, 2.05) is 0 Å². The van der Waals surface area contributed by atoms with E-state index in [0.29, 0.717) is 26.9 Å². The van der Waals surface area contributed by atoms with E-state index in [-0.39, 0.29) is 32.1 Å². The van der Waals surface area contributed by atoms with Crippen molar-refractivity contribution in [2.24, 2.45) is 0 Å². The lowest BCUT2D eigenvalue weighted by Crippen LogP contribution is -2.16. The van der Waals surface area contributed by atoms with E-state index in [2.05, 4.69) is 0 Å². The van der Waals surface area contributed by atoms with E-state index in [4.69, 9.17) is 31.2 Å². The van der Waals surface area contributed by atoms with Gasteiger partial charge in [0.1, 0.15) is 6.54 Å². The Bertz CT molecular complexity index is 904. The first-order chi connectivity index (χ1) is 12.0. The van der Waals surface area contributed by atoms with E-state index in [1.165, 1.54) is 6.20 Å². The summed E-state index contributed by atoms with van der Waals surface area (Å²) in [6.45, 7) is 3.99. The summed E-state index contributed by atoms with van der Waals surface area (Å²) in [5, 5.41) is 0.606. The average molecular weight is 363 g/mol. The van der Waals surface area contributed by atoms with Crippen LogP contribution < -0.4 is 9.47 Å². The van der Waals surface area contributed by atoms with Gasteiger partial charge in [-0.2, -0.15) is 0 Å². The van der Waals surface area contributed by atoms with Crippen LogP contribution in [0.1, 0.15) is 24.2 Å². The summed E-state index contributed by atoms with van der Waals surface area (Å²) in [5.74, 6) is 0.147. The third-order valence-corrected chi connectivity index (χ3v) is 4.11. The molecular weight excluding hydrogens is 346 g/mol. The molecule has 8 heteroatoms. The number of benzene rings is 1. The molecule has 0 saturated heterocycles. The maximum Gasteiger partial charge on any atom is 0.341 e. The number of esters is 2. The van der Waals surface area contributed by atoms with Crippen LogP contribution in [-0.4, -0.2) is 36.5 Å². The largest absolute Gasteiger partial charge is 0.465 e. The first kappa shape index (κ1) is 17.2. The van der Waals surface area contributed by atoms with E-state index in [0.717, 1.165) is 0 Å². The van der Waals surface area contributed by atoms with Gasteiger partial charge in [0.2, 0.25) is 6.79 Å². The minimum Gasteiger partial charge on any atom is -0.465 e. The Labute approximate surface area is 149 Å². The molecule has 2 heterocycles. The van der Waals surface area contributed by atoms with Crippen LogP contribution in [0.15, 0.2) is 18.3 Å². The number of hydrogen-bond donors (Lipinski definition) is 0. The van der Waals surface area contributed by atoms with Crippen LogP contribution in [0.2, 0.25) is 0 Å². The molecule has 3 rings (SSSR count). The minimum absolute atomic E-state index is 0.0635. The lowest BCUT2D eigenvalue weighted by atomic mass is 10.1. The fourth-order valence-electron chi connectivity index (χ4n) is 2.61. The predicted molar refractivity (Wildman–Crippen MR) is 91.5 cm³/mol. The fraction of sp³-hybridized carbons (Fsp3) is 0.353. The molecule has 0 amide bonds. The molecule has 0 fully saturated rings. The summed E-state index contributed by atoms with van der Waals surface area (Å²) >= 11 is 5.45. The van der Waals surface area contributed by atoms with Crippen molar-refractivity contribution in [3.63, 3.8) is 0 Å². The standard InChI is InChI=1S/C17H17NO6S/c1-3-21-15(19)8-18-7-11(17(20)22-4-2)16(25)10-5-13-14(6-12(10)18)24-9-23-13/h5-7H,3-4,8-9H2,1-2H3. The van der Waals surface area contributed by atoms with Crippen molar-refractivity contribution in [1.29, 1.82) is 0 Å². The van der Waals surface area contributed by atoms with Crippen molar-refractivity contribution in [3.05, 3.63) is 28.4 Å². The SMILES string of the molecule is CCOC(=O)Cn1cc(C(=O)OCC)c(=S)c2cc3c(cc21)OCO3. The lowest BCUT2D eigenvalue weighted by molar-refractivity contribution is -0.143. The minimum atomic E-state index is -0.537. The zero-order chi connectivity index (χ0) is 18.0. The van der Waals surface area contributed by atoms with Crippen LogP contribution in [0.3, 0.4) is 0 Å². The molecule has 0 saturated carbocycles. The number of carbonyl (C=O) groups excluding carboxylic acids is 2. The van der Waals surface area contributed by atoms with Crippen LogP contribution in [0.5, 0.6) is 11.5 Å². The fourth-order valence-corrected chi connectivity index (χ4v) is 2.91. The monoisotopic (exact) mass is 363 g/mol. The molecule has 0 spiro atoms. The van der Waals surface area contributed by atoms with Crippen molar-refractivity contribution >= 4 is 35.1 Å². The zero-order valence-corrected chi connectivity index (χ0v) is 14.7. The summed E-state index contributed by atoms with van der Waals surface area (Å²) in [6.07, 6.45) is 1.52. The van der Waals surface area contributed by atoms with Gasteiger partial charge >= 0.3 is 11.9 Å². The molecule has 1 aliphatic rings. The number of rotatable bonds is 5. The Hall–Kier alpha value is -2.61. The summed E-state index contributed by atoms with van der Waals surface area (Å²) < 4.78 is 22.8. The zero-order valence-electron chi connectivity index (χ0n) is 13.9. The van der Waals surface area contributed by atoms with Gasteiger partial charge in [-0.3, -0.25) is 4.79 Å². The second-order valence-electron chi connectivity index (χ2n) is 5.25. The number of hydrogen-bond acceptors (Lipinski definition) is 7. The van der Waals surface area contributed by atoms with Gasteiger partial charge in [-0.1, -0.05) is 12.2 Å². The molecule has 0 N–H and O–H groups in total. The highest BCUT2D eigenvalue weighted by Crippen LogP contribution is 2.37. The molecule has 0 unspecified atom stereocenters. The number of fused-ring (bicyclic) bond motifs is 2. The first-order valence-electron chi connectivity index (χ1n) is 7.84. The maximum absolute atomic E-state index is 12.2. The molecule has 1 aromatic carbocycles. The number of nitrogens with zero attached hydrogens (tertiary/aromatic N) is 1. The smallest absolute Gasteiger partial charge is 0.341 e. The molecule has 25 heavy (non-hydrogen) atoms. The van der Waals surface area contributed by atoms with Crippen LogP contribution in [0.25, 0.3) is 10.9 Å². The second-order valence-corrected chi connectivity index (χ2v) is 5.66. The molecule has 0 bridgehead atoms. The average Bonchev–Trinajstić information content (AvgIpc) is 3.04. The molecule has 7 nitrogen and oxygen atoms in total. The van der Waals surface area contributed by atoms with E-state index >= 15 is 0 Å². The summed E-state index contributed by atoms with van der Waals surface area (Å²) in [7, 11) is 0. The Morgan fingerprint density at radius 2 is 1.84 bits per heavy atom. The summed E-state index contributed by atoms with van der Waals surface area (Å²) in [5.41, 5.74) is 0.864. The Morgan fingerprint density at radius 3 is 2.52 bits per heavy atom. The van der Waals surface area contributed by atoms with Gasteiger partial charge in [-0.25, -0.2) is 4.79 Å². The van der Waals surface area contributed by atoms with Crippen LogP contribution in [0, 0.1) is 4.51 Å². The van der Waals surface area contributed by atoms with Crippen LogP contribution in [0.4, 0.5) is 0 Å². The molecule has 132 valence electrons. The quantitative estimate of drug-likeness (QED) is 0.597. The second kappa shape index (κ2) is 7.10. The molecule has 0 atom stereocenters. The third-order valence-electron chi connectivity index (χ3n) is 3.67. The van der Waals surface area contributed by atoms with Gasteiger partial charge in [0.25, 0.3) is 0 Å². The Kier molecular flexibility index (Phi) is 4.89. The van der Waals surface area contributed by atoms with Crippen LogP contribution >= 0.6 is 12.2 Å². The van der Waals surface area contributed by atoms with Crippen molar-refractivity contribution in [2.75, 3.05) is 20.0 Å². The Morgan fingerprint density at radius 1 is 1.16 bits per heavy atom. The Balaban J connectivity index is 2.20. The topological polar surface area (TPSA) is 76.0 Å². The number of ether oxygens (including phenoxy) is 4. The molecule has 1 aliphatic heterocycles. The highest BCUT2D eigenvalue weighted by atomic mass is 32.1. The van der Waals surface area contributed by atoms with Crippen LogP contribution in [-0.2, 0) is 20.8 Å². The van der Waals surface area contributed by atoms with Crippen molar-refractivity contribution in [2.45, 2.75) is 20.4 Å². The van der Waals surface area contributed by atoms with E-state index < -0.39 is 11.9 Å². The molecule has 2 aromatic rings. The maximum atomic E-state index is 12.2. The van der Waals surface area contributed by atoms with Crippen molar-refractivity contribution in [3.8, 4) is 11.5 Å². The van der Waals surface area contributed by atoms with Gasteiger partial charge < -0.3 is 23.5 Å². The van der Waals surface area contributed by atoms with Gasteiger partial charge in [-0.15, -0.1) is 0 Å². The highest BCUT2D eigenvalue weighted by molar-refractivity contribution is 7.71. The summed E-state index contributed by atoms with van der Waals surface area (Å²) in [4.78, 5) is 24.2. The van der Waals surface area contributed by atoms with Gasteiger partial charge in [0.05, 0.1) is 28.8 Å². The third kappa shape index (κ3) is 3.30. The van der Waals surface area contributed by atoms with E-state index in [9.17, 15) is 9.59 Å². The molecule has 0 aliphatic carbocycles. The van der Waals surface area contributed by atoms with Crippen molar-refractivity contribution in [1.82, 2.24) is 4.57 Å².